The maximum atomic E-state index is 12.5. The minimum atomic E-state index is -2.52. The van der Waals surface area contributed by atoms with E-state index in [4.69, 9.17) is 9.16 Å². The predicted molar refractivity (Wildman–Crippen MR) is 113 cm³/mol. The highest BCUT2D eigenvalue weighted by Crippen LogP contribution is 2.46. The number of hydrogen-bond donors (Lipinski definition) is 3. The molecule has 0 spiro atoms. The van der Waals surface area contributed by atoms with Crippen molar-refractivity contribution in [3.63, 3.8) is 0 Å². The predicted octanol–water partition coefficient (Wildman–Crippen LogP) is 0.0261. The first-order valence-electron chi connectivity index (χ1n) is 9.82. The zero-order valence-corrected chi connectivity index (χ0v) is 19.6. The molecule has 0 aromatic carbocycles. The largest absolute Gasteiger partial charge is 0.406 e. The van der Waals surface area contributed by atoms with Crippen LogP contribution in [-0.2, 0) is 14.0 Å². The second-order valence-corrected chi connectivity index (χ2v) is 14.2. The molecule has 1 fully saturated rings. The van der Waals surface area contributed by atoms with Crippen LogP contribution in [0.2, 0.25) is 18.1 Å². The maximum Gasteiger partial charge on any atom is 0.330 e. The minimum absolute atomic E-state index is 0.239. The van der Waals surface area contributed by atoms with E-state index in [1.54, 1.807) is 14.1 Å². The molecule has 1 aliphatic rings. The van der Waals surface area contributed by atoms with Crippen LogP contribution < -0.4 is 11.2 Å². The maximum absolute atomic E-state index is 12.5. The molecule has 0 unspecified atom stereocenters. The van der Waals surface area contributed by atoms with Crippen molar-refractivity contribution in [1.82, 2.24) is 14.5 Å². The second-order valence-electron chi connectivity index (χ2n) is 9.47. The van der Waals surface area contributed by atoms with Crippen molar-refractivity contribution in [2.75, 3.05) is 20.7 Å². The molecule has 1 aliphatic heterocycles. The number of aliphatic hydroxyl groups excluding tert-OH is 1. The molecule has 4 atom stereocenters. The summed E-state index contributed by atoms with van der Waals surface area (Å²) in [5, 5.41) is 21.3. The molecule has 1 aromatic rings. The summed E-state index contributed by atoms with van der Waals surface area (Å²) >= 11 is 0. The van der Waals surface area contributed by atoms with Crippen LogP contribution >= 0.6 is 0 Å². The van der Waals surface area contributed by atoms with E-state index >= 15 is 0 Å². The van der Waals surface area contributed by atoms with Gasteiger partial charge in [-0.25, -0.2) is 4.79 Å². The van der Waals surface area contributed by atoms with Gasteiger partial charge < -0.3 is 24.3 Å². The van der Waals surface area contributed by atoms with Gasteiger partial charge in [-0.15, -0.1) is 0 Å². The molecule has 0 aliphatic carbocycles. The molecular weight excluding hydrogens is 410 g/mol. The van der Waals surface area contributed by atoms with E-state index in [9.17, 15) is 24.6 Å². The van der Waals surface area contributed by atoms with Crippen LogP contribution in [0, 0.1) is 0 Å². The first-order chi connectivity index (χ1) is 13.6. The average Bonchev–Trinajstić information content (AvgIpc) is 2.85. The van der Waals surface area contributed by atoms with Gasteiger partial charge >= 0.3 is 5.69 Å². The Labute approximate surface area is 176 Å². The molecule has 2 heterocycles. The fraction of sp³-hybridized carbons (Fsp3) is 0.737. The fourth-order valence-electron chi connectivity index (χ4n) is 3.10. The molecule has 11 heteroatoms. The number of carbonyl (C=O) groups excluding carboxylic acids is 1. The lowest BCUT2D eigenvalue weighted by Crippen LogP contribution is -2.57. The lowest BCUT2D eigenvalue weighted by molar-refractivity contribution is -0.143. The zero-order valence-electron chi connectivity index (χ0n) is 18.6. The zero-order chi connectivity index (χ0) is 23.1. The smallest absolute Gasteiger partial charge is 0.330 e. The molecule has 30 heavy (non-hydrogen) atoms. The van der Waals surface area contributed by atoms with Crippen molar-refractivity contribution < 1.29 is 24.2 Å². The quantitative estimate of drug-likeness (QED) is 0.528. The number of amides is 1. The number of rotatable bonds is 6. The van der Waals surface area contributed by atoms with E-state index in [1.165, 1.54) is 11.1 Å². The molecular formula is C19H33N3O7Si. The summed E-state index contributed by atoms with van der Waals surface area (Å²) in [6.07, 6.45) is -2.54. The molecule has 0 bridgehead atoms. The average molecular weight is 444 g/mol. The van der Waals surface area contributed by atoms with Crippen molar-refractivity contribution in [1.29, 1.82) is 0 Å². The number of ether oxygens (including phenoxy) is 1. The summed E-state index contributed by atoms with van der Waals surface area (Å²) in [4.78, 5) is 39.9. The van der Waals surface area contributed by atoms with Gasteiger partial charge in [0.2, 0.25) is 5.91 Å². The van der Waals surface area contributed by atoms with Crippen LogP contribution in [0.5, 0.6) is 0 Å². The van der Waals surface area contributed by atoms with Gasteiger partial charge in [0.15, 0.2) is 14.5 Å². The van der Waals surface area contributed by atoms with Gasteiger partial charge in [0.1, 0.15) is 17.8 Å². The molecule has 0 saturated carbocycles. The number of hydrogen-bond acceptors (Lipinski definition) is 7. The molecule has 1 amide bonds. The number of aliphatic hydroxyl groups is 2. The Morgan fingerprint density at radius 3 is 2.43 bits per heavy atom. The standard InChI is InChI=1S/C19H33N3O7Si/c1-18(2,3)30(6,7)29-15-16(22-9-8-13(24)20-17(22)26)28-12(11-23)19(15,27)10-14(25)21(4)5/h8-9,12,15-16,23,27H,10-11H2,1-7H3,(H,20,24,26)/t12-,15+,16-,19-/m1/s1. The van der Waals surface area contributed by atoms with E-state index in [1.807, 2.05) is 33.9 Å². The molecule has 3 N–H and O–H groups in total. The Morgan fingerprint density at radius 1 is 1.37 bits per heavy atom. The number of carbonyl (C=O) groups is 1. The van der Waals surface area contributed by atoms with Crippen molar-refractivity contribution >= 4 is 14.2 Å². The van der Waals surface area contributed by atoms with Gasteiger partial charge in [0.25, 0.3) is 5.56 Å². The molecule has 1 saturated heterocycles. The summed E-state index contributed by atoms with van der Waals surface area (Å²) in [6.45, 7) is 9.42. The summed E-state index contributed by atoms with van der Waals surface area (Å²) < 4.78 is 13.4. The third-order valence-electron chi connectivity index (χ3n) is 6.07. The van der Waals surface area contributed by atoms with Crippen LogP contribution in [-0.4, -0.2) is 77.4 Å². The first kappa shape index (κ1) is 24.5. The number of nitrogens with one attached hydrogen (secondary N) is 1. The van der Waals surface area contributed by atoms with Gasteiger partial charge in [0.05, 0.1) is 13.0 Å². The molecule has 170 valence electrons. The fourth-order valence-corrected chi connectivity index (χ4v) is 4.41. The van der Waals surface area contributed by atoms with Crippen LogP contribution in [0.4, 0.5) is 0 Å². The lowest BCUT2D eigenvalue weighted by atomic mass is 9.88. The third-order valence-corrected chi connectivity index (χ3v) is 10.5. The van der Waals surface area contributed by atoms with Crippen LogP contribution in [0.25, 0.3) is 0 Å². The number of nitrogens with zero attached hydrogens (tertiary/aromatic N) is 2. The van der Waals surface area contributed by atoms with E-state index in [-0.39, 0.29) is 17.4 Å². The van der Waals surface area contributed by atoms with E-state index in [2.05, 4.69) is 4.98 Å². The molecule has 0 radical (unpaired) electrons. The Hall–Kier alpha value is -1.79. The molecule has 2 rings (SSSR count). The highest BCUT2D eigenvalue weighted by molar-refractivity contribution is 6.74. The second kappa shape index (κ2) is 8.38. The monoisotopic (exact) mass is 443 g/mol. The van der Waals surface area contributed by atoms with E-state index in [0.29, 0.717) is 0 Å². The van der Waals surface area contributed by atoms with Crippen molar-refractivity contribution in [2.24, 2.45) is 0 Å². The van der Waals surface area contributed by atoms with Gasteiger partial charge in [-0.05, 0) is 18.1 Å². The van der Waals surface area contributed by atoms with Crippen LogP contribution in [0.15, 0.2) is 21.9 Å². The lowest BCUT2D eigenvalue weighted by Gasteiger charge is -2.43. The Kier molecular flexibility index (Phi) is 6.84. The number of aromatic amines is 1. The van der Waals surface area contributed by atoms with E-state index in [0.717, 1.165) is 10.6 Å². The first-order valence-corrected chi connectivity index (χ1v) is 12.7. The summed E-state index contributed by atoms with van der Waals surface area (Å²) in [7, 11) is 0.601. The topological polar surface area (TPSA) is 134 Å². The Morgan fingerprint density at radius 2 is 1.97 bits per heavy atom. The van der Waals surface area contributed by atoms with Crippen LogP contribution in [0.3, 0.4) is 0 Å². The normalized spacial score (nSPS) is 27.3. The molecule has 1 aromatic heterocycles. The number of H-pyrrole nitrogens is 1. The van der Waals surface area contributed by atoms with Crippen LogP contribution in [0.1, 0.15) is 33.4 Å². The summed E-state index contributed by atoms with van der Waals surface area (Å²) in [5.41, 5.74) is -3.20. The highest BCUT2D eigenvalue weighted by atomic mass is 28.4. The van der Waals surface area contributed by atoms with Crippen molar-refractivity contribution in [2.45, 2.75) is 69.4 Å². The van der Waals surface area contributed by atoms with E-state index < -0.39 is 50.2 Å². The van der Waals surface area contributed by atoms with Crippen molar-refractivity contribution in [3.05, 3.63) is 33.1 Å². The van der Waals surface area contributed by atoms with Gasteiger partial charge in [-0.1, -0.05) is 20.8 Å². The summed E-state index contributed by atoms with van der Waals surface area (Å²) in [5.74, 6) is -0.377. The Balaban J connectivity index is 2.62. The number of aromatic nitrogens is 2. The highest BCUT2D eigenvalue weighted by Gasteiger charge is 2.60. The summed E-state index contributed by atoms with van der Waals surface area (Å²) in [6, 6.07) is 1.16. The van der Waals surface area contributed by atoms with Gasteiger partial charge in [-0.3, -0.25) is 19.1 Å². The third kappa shape index (κ3) is 4.59. The molecule has 10 nitrogen and oxygen atoms in total. The Bertz CT molecular complexity index is 889. The van der Waals surface area contributed by atoms with Gasteiger partial charge in [-0.2, -0.15) is 0 Å². The minimum Gasteiger partial charge on any atom is -0.406 e. The van der Waals surface area contributed by atoms with Gasteiger partial charge in [0, 0.05) is 26.4 Å². The SMILES string of the molecule is CN(C)C(=O)C[C@@]1(O)[C@@H](CO)O[C@@H](n2ccc(=O)[nH]c2=O)[C@@H]1O[Si](C)(C)C(C)(C)C. The van der Waals surface area contributed by atoms with Crippen molar-refractivity contribution in [3.8, 4) is 0 Å².